The third kappa shape index (κ3) is 5.57. The van der Waals surface area contributed by atoms with E-state index in [9.17, 15) is 13.2 Å². The number of aromatic nitrogens is 1. The Morgan fingerprint density at radius 1 is 1.04 bits per heavy atom. The van der Waals surface area contributed by atoms with E-state index >= 15 is 0 Å². The molecule has 1 aromatic heterocycles. The third-order valence-electron chi connectivity index (χ3n) is 3.06. The standard InChI is InChI=1S/C16H14Cl2F3NO3/c1-23-11-7-12(17)15(13(18)8-11)25-6-2-5-24-14-4-3-10(9-22-14)16(19,20)21/h3-4,7-9H,2,5-6H2,1H3. The van der Waals surface area contributed by atoms with Crippen LogP contribution in [0.5, 0.6) is 17.4 Å². The molecular weight excluding hydrogens is 382 g/mol. The second kappa shape index (κ2) is 8.49. The predicted molar refractivity (Wildman–Crippen MR) is 87.9 cm³/mol. The smallest absolute Gasteiger partial charge is 0.417 e. The molecule has 25 heavy (non-hydrogen) atoms. The summed E-state index contributed by atoms with van der Waals surface area (Å²) < 4.78 is 53.1. The van der Waals surface area contributed by atoms with Gasteiger partial charge in [-0.05, 0) is 6.07 Å². The molecule has 136 valence electrons. The molecule has 0 aliphatic rings. The van der Waals surface area contributed by atoms with Crippen molar-refractivity contribution in [3.8, 4) is 17.4 Å². The van der Waals surface area contributed by atoms with Crippen LogP contribution in [0.25, 0.3) is 0 Å². The number of rotatable bonds is 7. The molecule has 0 saturated carbocycles. The van der Waals surface area contributed by atoms with Gasteiger partial charge in [0.1, 0.15) is 5.75 Å². The lowest BCUT2D eigenvalue weighted by Gasteiger charge is -2.12. The molecule has 0 N–H and O–H groups in total. The number of halogens is 5. The minimum atomic E-state index is -4.42. The normalized spacial score (nSPS) is 11.3. The highest BCUT2D eigenvalue weighted by molar-refractivity contribution is 6.37. The van der Waals surface area contributed by atoms with E-state index in [1.807, 2.05) is 0 Å². The molecule has 0 bridgehead atoms. The van der Waals surface area contributed by atoms with Gasteiger partial charge in [-0.2, -0.15) is 13.2 Å². The maximum absolute atomic E-state index is 12.4. The summed E-state index contributed by atoms with van der Waals surface area (Å²) in [7, 11) is 1.50. The number of hydrogen-bond acceptors (Lipinski definition) is 4. The van der Waals surface area contributed by atoms with Crippen molar-refractivity contribution in [3.63, 3.8) is 0 Å². The molecule has 0 saturated heterocycles. The zero-order valence-electron chi connectivity index (χ0n) is 13.1. The maximum Gasteiger partial charge on any atom is 0.417 e. The Morgan fingerprint density at radius 2 is 1.68 bits per heavy atom. The predicted octanol–water partition coefficient (Wildman–Crippen LogP) is 5.26. The van der Waals surface area contributed by atoms with Crippen molar-refractivity contribution in [2.75, 3.05) is 20.3 Å². The Bertz CT molecular complexity index is 686. The summed E-state index contributed by atoms with van der Waals surface area (Å²) in [6, 6.07) is 5.23. The first-order valence-corrected chi connectivity index (χ1v) is 7.88. The number of pyridine rings is 1. The largest absolute Gasteiger partial charge is 0.497 e. The molecule has 0 aliphatic carbocycles. The Labute approximate surface area is 152 Å². The van der Waals surface area contributed by atoms with Crippen molar-refractivity contribution in [1.82, 2.24) is 4.98 Å². The van der Waals surface area contributed by atoms with Gasteiger partial charge in [0.25, 0.3) is 0 Å². The molecular formula is C16H14Cl2F3NO3. The molecule has 0 atom stereocenters. The SMILES string of the molecule is COc1cc(Cl)c(OCCCOc2ccc(C(F)(F)F)cn2)c(Cl)c1. The lowest BCUT2D eigenvalue weighted by molar-refractivity contribution is -0.137. The lowest BCUT2D eigenvalue weighted by Crippen LogP contribution is -2.08. The van der Waals surface area contributed by atoms with Crippen LogP contribution in [0, 0.1) is 0 Å². The highest BCUT2D eigenvalue weighted by atomic mass is 35.5. The van der Waals surface area contributed by atoms with Gasteiger partial charge in [0, 0.05) is 30.8 Å². The fraction of sp³-hybridized carbons (Fsp3) is 0.312. The first-order valence-electron chi connectivity index (χ1n) is 7.13. The zero-order chi connectivity index (χ0) is 18.4. The number of hydrogen-bond donors (Lipinski definition) is 0. The van der Waals surface area contributed by atoms with Crippen molar-refractivity contribution in [3.05, 3.63) is 46.1 Å². The van der Waals surface area contributed by atoms with Gasteiger partial charge in [0.2, 0.25) is 5.88 Å². The topological polar surface area (TPSA) is 40.6 Å². The van der Waals surface area contributed by atoms with E-state index in [1.165, 1.54) is 13.2 Å². The fourth-order valence-electron chi connectivity index (χ4n) is 1.84. The van der Waals surface area contributed by atoms with Gasteiger partial charge in [-0.25, -0.2) is 4.98 Å². The van der Waals surface area contributed by atoms with E-state index in [0.717, 1.165) is 12.3 Å². The molecule has 0 spiro atoms. The molecule has 1 heterocycles. The maximum atomic E-state index is 12.4. The molecule has 2 rings (SSSR count). The van der Waals surface area contributed by atoms with Gasteiger partial charge in [-0.15, -0.1) is 0 Å². The van der Waals surface area contributed by atoms with Crippen molar-refractivity contribution in [2.45, 2.75) is 12.6 Å². The Morgan fingerprint density at radius 3 is 2.20 bits per heavy atom. The van der Waals surface area contributed by atoms with Crippen molar-refractivity contribution in [2.24, 2.45) is 0 Å². The summed E-state index contributed by atoms with van der Waals surface area (Å²) in [5, 5.41) is 0.629. The van der Waals surface area contributed by atoms with Crippen molar-refractivity contribution in [1.29, 1.82) is 0 Å². The highest BCUT2D eigenvalue weighted by Crippen LogP contribution is 2.36. The summed E-state index contributed by atoms with van der Waals surface area (Å²) in [5.41, 5.74) is -0.827. The van der Waals surface area contributed by atoms with Crippen LogP contribution < -0.4 is 14.2 Å². The zero-order valence-corrected chi connectivity index (χ0v) is 14.6. The molecule has 0 amide bonds. The van der Waals surface area contributed by atoms with Crippen LogP contribution in [-0.4, -0.2) is 25.3 Å². The van der Waals surface area contributed by atoms with E-state index < -0.39 is 11.7 Å². The summed E-state index contributed by atoms with van der Waals surface area (Å²) in [6.45, 7) is 0.468. The minimum Gasteiger partial charge on any atom is -0.497 e. The Kier molecular flexibility index (Phi) is 6.61. The van der Waals surface area contributed by atoms with Gasteiger partial charge >= 0.3 is 6.18 Å². The van der Waals surface area contributed by atoms with Crippen LogP contribution in [0.4, 0.5) is 13.2 Å². The molecule has 0 radical (unpaired) electrons. The second-order valence-corrected chi connectivity index (χ2v) is 5.67. The number of ether oxygens (including phenoxy) is 3. The van der Waals surface area contributed by atoms with E-state index in [0.29, 0.717) is 28.0 Å². The third-order valence-corrected chi connectivity index (χ3v) is 3.62. The van der Waals surface area contributed by atoms with Gasteiger partial charge in [-0.1, -0.05) is 23.2 Å². The van der Waals surface area contributed by atoms with Gasteiger partial charge < -0.3 is 14.2 Å². The van der Waals surface area contributed by atoms with Crippen LogP contribution in [-0.2, 0) is 6.18 Å². The first kappa shape index (κ1) is 19.5. The fourth-order valence-corrected chi connectivity index (χ4v) is 2.41. The molecule has 0 unspecified atom stereocenters. The summed E-state index contributed by atoms with van der Waals surface area (Å²) in [5.74, 6) is 0.948. The van der Waals surface area contributed by atoms with Gasteiger partial charge in [-0.3, -0.25) is 0 Å². The number of nitrogens with zero attached hydrogens (tertiary/aromatic N) is 1. The monoisotopic (exact) mass is 395 g/mol. The van der Waals surface area contributed by atoms with Crippen molar-refractivity contribution < 1.29 is 27.4 Å². The van der Waals surface area contributed by atoms with Gasteiger partial charge in [0.15, 0.2) is 5.75 Å². The average Bonchev–Trinajstić information content (AvgIpc) is 2.56. The summed E-state index contributed by atoms with van der Waals surface area (Å²) in [4.78, 5) is 3.61. The van der Waals surface area contributed by atoms with E-state index in [1.54, 1.807) is 12.1 Å². The molecule has 1 aromatic carbocycles. The summed E-state index contributed by atoms with van der Waals surface area (Å²) in [6.07, 6.45) is -3.24. The summed E-state index contributed by atoms with van der Waals surface area (Å²) >= 11 is 12.1. The van der Waals surface area contributed by atoms with Crippen LogP contribution in [0.3, 0.4) is 0 Å². The Hall–Kier alpha value is -1.86. The van der Waals surface area contributed by atoms with Crippen LogP contribution in [0.2, 0.25) is 10.0 Å². The van der Waals surface area contributed by atoms with E-state index in [-0.39, 0.29) is 19.1 Å². The van der Waals surface area contributed by atoms with Crippen LogP contribution >= 0.6 is 23.2 Å². The number of alkyl halides is 3. The van der Waals surface area contributed by atoms with E-state index in [2.05, 4.69) is 4.98 Å². The molecule has 4 nitrogen and oxygen atoms in total. The minimum absolute atomic E-state index is 0.105. The van der Waals surface area contributed by atoms with Crippen molar-refractivity contribution >= 4 is 23.2 Å². The molecule has 9 heteroatoms. The molecule has 2 aromatic rings. The van der Waals surface area contributed by atoms with E-state index in [4.69, 9.17) is 37.4 Å². The first-order chi connectivity index (χ1) is 11.8. The second-order valence-electron chi connectivity index (χ2n) is 4.85. The molecule has 0 aliphatic heterocycles. The average molecular weight is 396 g/mol. The quantitative estimate of drug-likeness (QED) is 0.599. The Balaban J connectivity index is 1.79. The lowest BCUT2D eigenvalue weighted by atomic mass is 10.3. The van der Waals surface area contributed by atoms with Crippen LogP contribution in [0.15, 0.2) is 30.5 Å². The highest BCUT2D eigenvalue weighted by Gasteiger charge is 2.30. The molecule has 0 fully saturated rings. The number of methoxy groups -OCH3 is 1. The number of benzene rings is 1. The van der Waals surface area contributed by atoms with Crippen LogP contribution in [0.1, 0.15) is 12.0 Å². The van der Waals surface area contributed by atoms with Gasteiger partial charge in [0.05, 0.1) is 35.9 Å².